The highest BCUT2D eigenvalue weighted by Gasteiger charge is 2.37. The summed E-state index contributed by atoms with van der Waals surface area (Å²) < 4.78 is 0. The maximum absolute atomic E-state index is 13.0. The van der Waals surface area contributed by atoms with E-state index in [1.807, 2.05) is 6.07 Å². The monoisotopic (exact) mass is 479 g/mol. The van der Waals surface area contributed by atoms with Crippen LogP contribution in [0.15, 0.2) is 47.4 Å². The van der Waals surface area contributed by atoms with Gasteiger partial charge in [-0.1, -0.05) is 32.0 Å². The quantitative estimate of drug-likeness (QED) is 0.273. The maximum atomic E-state index is 13.0. The third-order valence-corrected chi connectivity index (χ3v) is 7.42. The summed E-state index contributed by atoms with van der Waals surface area (Å²) in [7, 11) is 0. The van der Waals surface area contributed by atoms with Crippen LogP contribution in [0.4, 0.5) is 16.2 Å². The van der Waals surface area contributed by atoms with Gasteiger partial charge >= 0.3 is 0 Å². The minimum absolute atomic E-state index is 0.0275. The lowest BCUT2D eigenvalue weighted by Crippen LogP contribution is -2.48. The van der Waals surface area contributed by atoms with E-state index < -0.39 is 4.92 Å². The van der Waals surface area contributed by atoms with Crippen LogP contribution in [0.2, 0.25) is 0 Å². The van der Waals surface area contributed by atoms with Crippen LogP contribution in [0.25, 0.3) is 6.08 Å². The summed E-state index contributed by atoms with van der Waals surface area (Å²) in [5, 5.41) is 10.5. The van der Waals surface area contributed by atoms with Gasteiger partial charge in [0, 0.05) is 29.9 Å². The summed E-state index contributed by atoms with van der Waals surface area (Å²) in [6, 6.07) is 12.2. The smallest absolute Gasteiger partial charge is 0.293 e. The van der Waals surface area contributed by atoms with Crippen molar-refractivity contribution in [2.24, 2.45) is 0 Å². The van der Waals surface area contributed by atoms with Gasteiger partial charge in [0.1, 0.15) is 0 Å². The number of anilines is 1. The molecule has 0 saturated carbocycles. The van der Waals surface area contributed by atoms with Crippen molar-refractivity contribution in [3.63, 3.8) is 0 Å². The second-order valence-corrected chi connectivity index (χ2v) is 10.6. The van der Waals surface area contributed by atoms with Crippen LogP contribution >= 0.6 is 11.8 Å². The first-order valence-corrected chi connectivity index (χ1v) is 12.3. The van der Waals surface area contributed by atoms with Crippen LogP contribution in [0.3, 0.4) is 0 Å². The van der Waals surface area contributed by atoms with E-state index in [1.54, 1.807) is 18.2 Å². The third kappa shape index (κ3) is 4.59. The number of nitro groups is 1. The summed E-state index contributed by atoms with van der Waals surface area (Å²) in [5.41, 5.74) is 4.14. The number of nitrogens with zero attached hydrogens (tertiary/aromatic N) is 3. The zero-order valence-corrected chi connectivity index (χ0v) is 20.7. The van der Waals surface area contributed by atoms with E-state index >= 15 is 0 Å². The minimum Gasteiger partial charge on any atom is -0.366 e. The number of amides is 2. The van der Waals surface area contributed by atoms with Gasteiger partial charge in [0.2, 0.25) is 0 Å². The molecule has 34 heavy (non-hydrogen) atoms. The third-order valence-electron chi connectivity index (χ3n) is 6.52. The molecule has 0 aromatic heterocycles. The standard InChI is InChI=1S/C26H29N3O4S/c1-5-12-28-22-11-8-19(13-21(22)17(2)15-26(28,3)4)14-23-24(30)27(25(31)34-23)16-18-6-9-20(10-7-18)29(32)33/h6-11,13-14,17H,5,12,15-16H2,1-4H3/b23-14+. The Hall–Kier alpha value is -3.13. The molecule has 2 aliphatic rings. The molecule has 2 aromatic carbocycles. The molecule has 1 atom stereocenters. The normalized spacial score (nSPS) is 20.7. The molecule has 0 aliphatic carbocycles. The topological polar surface area (TPSA) is 83.8 Å². The lowest BCUT2D eigenvalue weighted by Gasteiger charge is -2.47. The fourth-order valence-corrected chi connectivity index (χ4v) is 5.78. The van der Waals surface area contributed by atoms with Gasteiger partial charge in [-0.15, -0.1) is 0 Å². The molecule has 2 aliphatic heterocycles. The fourth-order valence-electron chi connectivity index (χ4n) is 4.94. The number of fused-ring (bicyclic) bond motifs is 1. The number of nitro benzene ring substituents is 1. The second kappa shape index (κ2) is 9.25. The highest BCUT2D eigenvalue weighted by atomic mass is 32.2. The Bertz CT molecular complexity index is 1170. The molecule has 178 valence electrons. The first-order valence-electron chi connectivity index (χ1n) is 11.5. The molecule has 1 unspecified atom stereocenters. The lowest BCUT2D eigenvalue weighted by atomic mass is 9.79. The van der Waals surface area contributed by atoms with Crippen LogP contribution in [0.5, 0.6) is 0 Å². The molecule has 1 fully saturated rings. The molecule has 2 heterocycles. The Morgan fingerprint density at radius 3 is 2.53 bits per heavy atom. The van der Waals surface area contributed by atoms with E-state index in [0.717, 1.165) is 36.7 Å². The molecular formula is C26H29N3O4S. The molecule has 0 N–H and O–H groups in total. The number of carbonyl (C=O) groups excluding carboxylic acids is 2. The van der Waals surface area contributed by atoms with E-state index in [2.05, 4.69) is 44.7 Å². The molecule has 4 rings (SSSR count). The van der Waals surface area contributed by atoms with Crippen LogP contribution in [-0.4, -0.2) is 33.1 Å². The largest absolute Gasteiger partial charge is 0.366 e. The molecule has 0 radical (unpaired) electrons. The van der Waals surface area contributed by atoms with Gasteiger partial charge < -0.3 is 4.90 Å². The first-order chi connectivity index (χ1) is 16.1. The maximum Gasteiger partial charge on any atom is 0.293 e. The van der Waals surface area contributed by atoms with Gasteiger partial charge in [-0.25, -0.2) is 0 Å². The first kappa shape index (κ1) is 24.0. The van der Waals surface area contributed by atoms with Crippen molar-refractivity contribution >= 4 is 40.4 Å². The van der Waals surface area contributed by atoms with Crippen molar-refractivity contribution in [3.05, 3.63) is 74.2 Å². The van der Waals surface area contributed by atoms with E-state index in [-0.39, 0.29) is 28.9 Å². The summed E-state index contributed by atoms with van der Waals surface area (Å²) in [6.07, 6.45) is 3.91. The van der Waals surface area contributed by atoms with Crippen molar-refractivity contribution in [2.75, 3.05) is 11.4 Å². The number of imide groups is 1. The summed E-state index contributed by atoms with van der Waals surface area (Å²) >= 11 is 0.930. The molecule has 1 saturated heterocycles. The molecule has 7 nitrogen and oxygen atoms in total. The zero-order chi connectivity index (χ0) is 24.6. The number of carbonyl (C=O) groups is 2. The Balaban J connectivity index is 1.56. The zero-order valence-electron chi connectivity index (χ0n) is 19.9. The van der Waals surface area contributed by atoms with Crippen molar-refractivity contribution in [1.82, 2.24) is 4.90 Å². The Morgan fingerprint density at radius 2 is 1.88 bits per heavy atom. The van der Waals surface area contributed by atoms with Crippen molar-refractivity contribution in [3.8, 4) is 0 Å². The molecule has 0 spiro atoms. The summed E-state index contributed by atoms with van der Waals surface area (Å²) in [6.45, 7) is 10.1. The number of hydrogen-bond acceptors (Lipinski definition) is 6. The van der Waals surface area contributed by atoms with Crippen LogP contribution in [-0.2, 0) is 11.3 Å². The SMILES string of the molecule is CCCN1c2ccc(/C=C3/SC(=O)N(Cc4ccc([N+](=O)[O-])cc4)C3=O)cc2C(C)CC1(C)C. The number of non-ortho nitro benzene ring substituents is 1. The molecule has 0 bridgehead atoms. The molecule has 2 amide bonds. The predicted octanol–water partition coefficient (Wildman–Crippen LogP) is 6.33. The average Bonchev–Trinajstić information content (AvgIpc) is 3.04. The van der Waals surface area contributed by atoms with E-state index in [0.29, 0.717) is 16.4 Å². The van der Waals surface area contributed by atoms with Gasteiger partial charge in [0.05, 0.1) is 16.4 Å². The lowest BCUT2D eigenvalue weighted by molar-refractivity contribution is -0.384. The van der Waals surface area contributed by atoms with Gasteiger partial charge in [0.15, 0.2) is 0 Å². The van der Waals surface area contributed by atoms with Crippen LogP contribution in [0, 0.1) is 10.1 Å². The van der Waals surface area contributed by atoms with Crippen molar-refractivity contribution in [2.45, 2.75) is 58.5 Å². The second-order valence-electron chi connectivity index (χ2n) is 9.58. The van der Waals surface area contributed by atoms with Crippen LogP contribution in [0.1, 0.15) is 63.1 Å². The van der Waals surface area contributed by atoms with Crippen LogP contribution < -0.4 is 4.90 Å². The summed E-state index contributed by atoms with van der Waals surface area (Å²) in [4.78, 5) is 39.9. The molecule has 2 aromatic rings. The highest BCUT2D eigenvalue weighted by Crippen LogP contribution is 2.44. The molecule has 8 heteroatoms. The van der Waals surface area contributed by atoms with E-state index in [4.69, 9.17) is 0 Å². The van der Waals surface area contributed by atoms with Crippen molar-refractivity contribution < 1.29 is 14.5 Å². The minimum atomic E-state index is -0.478. The van der Waals surface area contributed by atoms with E-state index in [9.17, 15) is 19.7 Å². The highest BCUT2D eigenvalue weighted by molar-refractivity contribution is 8.18. The summed E-state index contributed by atoms with van der Waals surface area (Å²) in [5.74, 6) is 0.0523. The van der Waals surface area contributed by atoms with Gasteiger partial charge in [0.25, 0.3) is 16.8 Å². The number of rotatable bonds is 6. The van der Waals surface area contributed by atoms with E-state index in [1.165, 1.54) is 28.3 Å². The number of hydrogen-bond donors (Lipinski definition) is 0. The Kier molecular flexibility index (Phi) is 6.53. The van der Waals surface area contributed by atoms with Gasteiger partial charge in [-0.2, -0.15) is 0 Å². The number of benzene rings is 2. The predicted molar refractivity (Wildman–Crippen MR) is 136 cm³/mol. The Labute approximate surface area is 204 Å². The molecular weight excluding hydrogens is 450 g/mol. The van der Waals surface area contributed by atoms with Crippen molar-refractivity contribution in [1.29, 1.82) is 0 Å². The fraction of sp³-hybridized carbons (Fsp3) is 0.385. The van der Waals surface area contributed by atoms with Gasteiger partial charge in [-0.3, -0.25) is 24.6 Å². The average molecular weight is 480 g/mol. The number of thioether (sulfide) groups is 1. The Morgan fingerprint density at radius 1 is 1.18 bits per heavy atom. The van der Waals surface area contributed by atoms with Gasteiger partial charge in [-0.05, 0) is 79.3 Å².